The van der Waals surface area contributed by atoms with E-state index in [1.807, 2.05) is 0 Å². The van der Waals surface area contributed by atoms with Crippen LogP contribution in [0.4, 0.5) is 0 Å². The van der Waals surface area contributed by atoms with Crippen molar-refractivity contribution in [2.75, 3.05) is 12.4 Å². The summed E-state index contributed by atoms with van der Waals surface area (Å²) in [5, 5.41) is 0. The third kappa shape index (κ3) is 28.6. The van der Waals surface area contributed by atoms with E-state index in [2.05, 4.69) is 40.3 Å². The fourth-order valence-electron chi connectivity index (χ4n) is 3.34. The molecule has 0 bridgehead atoms. The van der Waals surface area contributed by atoms with Crippen LogP contribution in [0.5, 0.6) is 0 Å². The average molecular weight is 549 g/mol. The second-order valence-corrected chi connectivity index (χ2v) is 13.1. The zero-order valence-electron chi connectivity index (χ0n) is 21.0. The molecule has 0 spiro atoms. The molecule has 0 aromatic rings. The van der Waals surface area contributed by atoms with Crippen LogP contribution in [0, 0.1) is 5.92 Å². The third-order valence-corrected chi connectivity index (χ3v) is 9.86. The molecule has 0 fully saturated rings. The second-order valence-electron chi connectivity index (χ2n) is 8.54. The van der Waals surface area contributed by atoms with Crippen LogP contribution in [0.3, 0.4) is 0 Å². The van der Waals surface area contributed by atoms with Crippen LogP contribution in [0.2, 0.25) is 8.87 Å². The van der Waals surface area contributed by atoms with E-state index in [-0.39, 0.29) is 32.9 Å². The number of esters is 1. The molecule has 2 nitrogen and oxygen atoms in total. The molecule has 0 N–H and O–H groups in total. The predicted octanol–water partition coefficient (Wildman–Crippen LogP) is 8.92. The van der Waals surface area contributed by atoms with E-state index < -0.39 is 0 Å². The molecule has 0 rings (SSSR count). The first kappa shape index (κ1) is 32.8. The van der Waals surface area contributed by atoms with Gasteiger partial charge in [-0.2, -0.15) is 12.6 Å². The van der Waals surface area contributed by atoms with Crippen LogP contribution >= 0.6 is 12.6 Å². The van der Waals surface area contributed by atoms with Crippen molar-refractivity contribution in [1.29, 1.82) is 0 Å². The summed E-state index contributed by atoms with van der Waals surface area (Å²) in [5.74, 6) is 0.506. The number of rotatable bonds is 21. The van der Waals surface area contributed by atoms with E-state index in [0.717, 1.165) is 12.8 Å². The Kier molecular flexibility index (Phi) is 32.4. The van der Waals surface area contributed by atoms with Crippen molar-refractivity contribution in [2.45, 2.75) is 139 Å². The number of hydrogen-bond donors (Lipinski definition) is 1. The van der Waals surface area contributed by atoms with Gasteiger partial charge in [0.25, 0.3) is 0 Å². The molecule has 0 saturated heterocycles. The molecule has 0 aromatic heterocycles. The first-order chi connectivity index (χ1) is 14.7. The fraction of sp³-hybridized carbons (Fsp3) is 0.962. The minimum atomic E-state index is -0.210. The Labute approximate surface area is 206 Å². The summed E-state index contributed by atoms with van der Waals surface area (Å²) in [6.07, 6.45) is 22.5. The van der Waals surface area contributed by atoms with Gasteiger partial charge in [0.1, 0.15) is 0 Å². The quantitative estimate of drug-likeness (QED) is 0.0670. The van der Waals surface area contributed by atoms with Crippen LogP contribution in [-0.2, 0) is 9.53 Å². The van der Waals surface area contributed by atoms with E-state index in [1.165, 1.54) is 77.0 Å². The first-order valence-electron chi connectivity index (χ1n) is 13.1. The monoisotopic (exact) mass is 550 g/mol. The van der Waals surface area contributed by atoms with Gasteiger partial charge in [-0.25, -0.2) is 0 Å². The summed E-state index contributed by atoms with van der Waals surface area (Å²) in [5.41, 5.74) is 0. The predicted molar refractivity (Wildman–Crippen MR) is 140 cm³/mol. The zero-order valence-corrected chi connectivity index (χ0v) is 24.7. The van der Waals surface area contributed by atoms with E-state index in [0.29, 0.717) is 12.5 Å². The summed E-state index contributed by atoms with van der Waals surface area (Å²) in [7, 11) is 0. The van der Waals surface area contributed by atoms with Gasteiger partial charge in [0.2, 0.25) is 0 Å². The molecule has 0 aliphatic carbocycles. The van der Waals surface area contributed by atoms with Crippen molar-refractivity contribution in [3.05, 3.63) is 0 Å². The SMILES string of the molecule is CCCCC(CC)COC(=O)CS.CCCCCCC[CH2][Sn][CH2]CCCCCCC. The van der Waals surface area contributed by atoms with Crippen molar-refractivity contribution < 1.29 is 9.53 Å². The maximum absolute atomic E-state index is 10.8. The zero-order chi connectivity index (χ0) is 22.7. The fourth-order valence-corrected chi connectivity index (χ4v) is 7.00. The maximum atomic E-state index is 10.8. The Balaban J connectivity index is 0. The molecule has 0 heterocycles. The molecule has 1 unspecified atom stereocenters. The van der Waals surface area contributed by atoms with Gasteiger partial charge in [-0.15, -0.1) is 0 Å². The topological polar surface area (TPSA) is 26.3 Å². The van der Waals surface area contributed by atoms with Gasteiger partial charge in [0.05, 0.1) is 12.4 Å². The molecule has 180 valence electrons. The molecule has 0 aliphatic heterocycles. The number of thiol groups is 1. The normalized spacial score (nSPS) is 11.6. The molecule has 4 heteroatoms. The Bertz CT molecular complexity index is 312. The van der Waals surface area contributed by atoms with Crippen molar-refractivity contribution in [3.63, 3.8) is 0 Å². The Morgan fingerprint density at radius 1 is 0.733 bits per heavy atom. The standard InChI is InChI=1S/C10H20O2S.2C8H17.Sn/c1-3-5-6-9(4-2)7-12-10(11)8-13;2*1-3-5-7-8-6-4-2;/h9,13H,3-8H2,1-2H3;2*1,3-8H2,2H3;. The molecule has 0 aliphatic rings. The average Bonchev–Trinajstić information content (AvgIpc) is 2.77. The van der Waals surface area contributed by atoms with Crippen molar-refractivity contribution in [3.8, 4) is 0 Å². The summed E-state index contributed by atoms with van der Waals surface area (Å²) in [6, 6.07) is 0. The van der Waals surface area contributed by atoms with Crippen LogP contribution in [0.1, 0.15) is 130 Å². The van der Waals surface area contributed by atoms with E-state index in [1.54, 1.807) is 21.7 Å². The molecule has 2 radical (unpaired) electrons. The van der Waals surface area contributed by atoms with Gasteiger partial charge < -0.3 is 4.74 Å². The summed E-state index contributed by atoms with van der Waals surface area (Å²) in [6.45, 7) is 9.47. The van der Waals surface area contributed by atoms with Crippen LogP contribution in [0.25, 0.3) is 0 Å². The van der Waals surface area contributed by atoms with Gasteiger partial charge in [0.15, 0.2) is 0 Å². The summed E-state index contributed by atoms with van der Waals surface area (Å²) < 4.78 is 8.34. The molecule has 0 saturated carbocycles. The molecule has 0 amide bonds. The second kappa shape index (κ2) is 29.6. The van der Waals surface area contributed by atoms with E-state index in [4.69, 9.17) is 4.74 Å². The Hall–Kier alpha value is 0.619. The minimum absolute atomic E-state index is 0.0736. The molecular weight excluding hydrogens is 495 g/mol. The van der Waals surface area contributed by atoms with E-state index in [9.17, 15) is 4.79 Å². The number of carbonyl (C=O) groups excluding carboxylic acids is 1. The van der Waals surface area contributed by atoms with E-state index >= 15 is 0 Å². The summed E-state index contributed by atoms with van der Waals surface area (Å²) in [4.78, 5) is 10.8. The van der Waals surface area contributed by atoms with Gasteiger partial charge in [-0.05, 0) is 12.3 Å². The van der Waals surface area contributed by atoms with Crippen molar-refractivity contribution >= 4 is 39.7 Å². The summed E-state index contributed by atoms with van der Waals surface area (Å²) >= 11 is 3.92. The van der Waals surface area contributed by atoms with Crippen LogP contribution in [0.15, 0.2) is 0 Å². The van der Waals surface area contributed by atoms with Gasteiger partial charge in [-0.3, -0.25) is 4.79 Å². The number of hydrogen-bond acceptors (Lipinski definition) is 3. The van der Waals surface area contributed by atoms with Crippen molar-refractivity contribution in [2.24, 2.45) is 5.92 Å². The number of ether oxygens (including phenoxy) is 1. The third-order valence-electron chi connectivity index (χ3n) is 5.57. The molecule has 30 heavy (non-hydrogen) atoms. The van der Waals surface area contributed by atoms with Crippen LogP contribution < -0.4 is 0 Å². The Morgan fingerprint density at radius 2 is 1.20 bits per heavy atom. The number of carbonyl (C=O) groups is 1. The Morgan fingerprint density at radius 3 is 1.63 bits per heavy atom. The van der Waals surface area contributed by atoms with Crippen molar-refractivity contribution in [1.82, 2.24) is 0 Å². The van der Waals surface area contributed by atoms with Gasteiger partial charge in [-0.1, -0.05) is 33.1 Å². The van der Waals surface area contributed by atoms with Crippen LogP contribution in [-0.4, -0.2) is 39.5 Å². The number of unbranched alkanes of at least 4 members (excludes halogenated alkanes) is 11. The van der Waals surface area contributed by atoms with Gasteiger partial charge in [0, 0.05) is 0 Å². The molecule has 1 atom stereocenters. The first-order valence-corrected chi connectivity index (χ1v) is 17.8. The van der Waals surface area contributed by atoms with Gasteiger partial charge >= 0.3 is 127 Å². The molecule has 0 aromatic carbocycles. The molecular formula is C26H54O2SSn.